The number of hydrogen-bond donors (Lipinski definition) is 1. The Balaban J connectivity index is 1.57. The van der Waals surface area contributed by atoms with E-state index in [4.69, 9.17) is 9.47 Å². The van der Waals surface area contributed by atoms with Crippen molar-refractivity contribution in [2.45, 2.75) is 56.3 Å². The monoisotopic (exact) mass is 269 g/mol. The normalized spacial score (nSPS) is 34.9. The van der Waals surface area contributed by atoms with Gasteiger partial charge in [-0.15, -0.1) is 0 Å². The van der Waals surface area contributed by atoms with Crippen LogP contribution in [0.5, 0.6) is 0 Å². The van der Waals surface area contributed by atoms with Gasteiger partial charge in [-0.2, -0.15) is 0 Å². The molecule has 3 aliphatic rings. The minimum Gasteiger partial charge on any atom is -0.480 e. The average molecular weight is 269 g/mol. The minimum absolute atomic E-state index is 0.135. The third kappa shape index (κ3) is 2.78. The fourth-order valence-electron chi connectivity index (χ4n) is 3.76. The van der Waals surface area contributed by atoms with Crippen LogP contribution in [-0.4, -0.2) is 60.0 Å². The van der Waals surface area contributed by atoms with Gasteiger partial charge in [0.05, 0.1) is 24.9 Å². The van der Waals surface area contributed by atoms with E-state index >= 15 is 0 Å². The van der Waals surface area contributed by atoms with Crippen LogP contribution in [0.2, 0.25) is 0 Å². The van der Waals surface area contributed by atoms with E-state index < -0.39 is 12.0 Å². The zero-order valence-corrected chi connectivity index (χ0v) is 11.3. The highest BCUT2D eigenvalue weighted by Gasteiger charge is 2.43. The lowest BCUT2D eigenvalue weighted by atomic mass is 9.98. The van der Waals surface area contributed by atoms with Crippen LogP contribution in [0, 0.1) is 0 Å². The number of rotatable bonds is 3. The van der Waals surface area contributed by atoms with Gasteiger partial charge in [0.2, 0.25) is 0 Å². The SMILES string of the molecule is O=C(O)C1COCCN1CC1CCC2(CCCC2)O1. The fraction of sp³-hybridized carbons (Fsp3) is 0.929. The molecule has 0 aromatic carbocycles. The molecule has 2 saturated heterocycles. The second kappa shape index (κ2) is 5.38. The van der Waals surface area contributed by atoms with Gasteiger partial charge in [-0.25, -0.2) is 0 Å². The molecule has 1 N–H and O–H groups in total. The van der Waals surface area contributed by atoms with E-state index in [2.05, 4.69) is 0 Å². The smallest absolute Gasteiger partial charge is 0.323 e. The molecular weight excluding hydrogens is 246 g/mol. The zero-order valence-electron chi connectivity index (χ0n) is 11.3. The summed E-state index contributed by atoms with van der Waals surface area (Å²) in [5, 5.41) is 9.23. The van der Waals surface area contributed by atoms with Crippen LogP contribution in [-0.2, 0) is 14.3 Å². The molecule has 2 unspecified atom stereocenters. The van der Waals surface area contributed by atoms with Crippen molar-refractivity contribution in [3.63, 3.8) is 0 Å². The van der Waals surface area contributed by atoms with Crippen molar-refractivity contribution < 1.29 is 19.4 Å². The summed E-state index contributed by atoms with van der Waals surface area (Å²) in [7, 11) is 0. The Morgan fingerprint density at radius 3 is 2.84 bits per heavy atom. The summed E-state index contributed by atoms with van der Waals surface area (Å²) in [6.45, 7) is 2.36. The molecule has 5 heteroatoms. The van der Waals surface area contributed by atoms with Gasteiger partial charge in [0.15, 0.2) is 0 Å². The number of carbonyl (C=O) groups is 1. The molecule has 3 rings (SSSR count). The molecule has 2 atom stereocenters. The maximum absolute atomic E-state index is 11.2. The molecule has 0 radical (unpaired) electrons. The number of hydrogen-bond acceptors (Lipinski definition) is 4. The van der Waals surface area contributed by atoms with E-state index in [0.717, 1.165) is 19.4 Å². The van der Waals surface area contributed by atoms with E-state index in [1.807, 2.05) is 4.90 Å². The quantitative estimate of drug-likeness (QED) is 0.836. The first-order valence-corrected chi connectivity index (χ1v) is 7.41. The van der Waals surface area contributed by atoms with Crippen molar-refractivity contribution in [2.24, 2.45) is 0 Å². The molecule has 108 valence electrons. The summed E-state index contributed by atoms with van der Waals surface area (Å²) >= 11 is 0. The summed E-state index contributed by atoms with van der Waals surface area (Å²) in [6, 6.07) is -0.502. The molecule has 19 heavy (non-hydrogen) atoms. The molecular formula is C14H23NO4. The first kappa shape index (κ1) is 13.3. The van der Waals surface area contributed by atoms with Gasteiger partial charge in [-0.05, 0) is 25.7 Å². The molecule has 0 aromatic heterocycles. The van der Waals surface area contributed by atoms with Crippen LogP contribution in [0.25, 0.3) is 0 Å². The molecule has 5 nitrogen and oxygen atoms in total. The van der Waals surface area contributed by atoms with Crippen LogP contribution < -0.4 is 0 Å². The fourth-order valence-corrected chi connectivity index (χ4v) is 3.76. The van der Waals surface area contributed by atoms with Gasteiger partial charge < -0.3 is 14.6 Å². The van der Waals surface area contributed by atoms with Gasteiger partial charge in [0.25, 0.3) is 0 Å². The second-order valence-electron chi connectivity index (χ2n) is 6.09. The molecule has 3 fully saturated rings. The van der Waals surface area contributed by atoms with Gasteiger partial charge in [-0.3, -0.25) is 9.69 Å². The number of carboxylic acids is 1. The summed E-state index contributed by atoms with van der Waals surface area (Å²) in [5.74, 6) is -0.784. The van der Waals surface area contributed by atoms with E-state index in [1.54, 1.807) is 0 Å². The van der Waals surface area contributed by atoms with E-state index in [9.17, 15) is 9.90 Å². The largest absolute Gasteiger partial charge is 0.480 e. The molecule has 1 saturated carbocycles. The second-order valence-corrected chi connectivity index (χ2v) is 6.09. The molecule has 0 aromatic rings. The van der Waals surface area contributed by atoms with Crippen molar-refractivity contribution in [3.05, 3.63) is 0 Å². The van der Waals surface area contributed by atoms with Crippen LogP contribution >= 0.6 is 0 Å². The Morgan fingerprint density at radius 1 is 1.32 bits per heavy atom. The number of aliphatic carboxylic acids is 1. The van der Waals surface area contributed by atoms with Crippen LogP contribution in [0.1, 0.15) is 38.5 Å². The van der Waals surface area contributed by atoms with Crippen LogP contribution in [0.4, 0.5) is 0 Å². The lowest BCUT2D eigenvalue weighted by Crippen LogP contribution is -2.52. The number of ether oxygens (including phenoxy) is 2. The predicted octanol–water partition coefficient (Wildman–Crippen LogP) is 1.26. The van der Waals surface area contributed by atoms with Crippen molar-refractivity contribution in [1.29, 1.82) is 0 Å². The summed E-state index contributed by atoms with van der Waals surface area (Å²) < 4.78 is 11.5. The Kier molecular flexibility index (Phi) is 3.78. The Bertz CT molecular complexity index is 340. The third-order valence-corrected chi connectivity index (χ3v) is 4.82. The molecule has 1 aliphatic carbocycles. The highest BCUT2D eigenvalue weighted by Crippen LogP contribution is 2.43. The van der Waals surface area contributed by atoms with Crippen LogP contribution in [0.15, 0.2) is 0 Å². The Hall–Kier alpha value is -0.650. The minimum atomic E-state index is -0.784. The first-order valence-electron chi connectivity index (χ1n) is 7.41. The third-order valence-electron chi connectivity index (χ3n) is 4.82. The summed E-state index contributed by atoms with van der Waals surface area (Å²) in [4.78, 5) is 13.2. The lowest BCUT2D eigenvalue weighted by Gasteiger charge is -2.35. The lowest BCUT2D eigenvalue weighted by molar-refractivity contribution is -0.151. The number of carboxylic acid groups (broad SMARTS) is 1. The average Bonchev–Trinajstić information content (AvgIpc) is 3.01. The van der Waals surface area contributed by atoms with Crippen molar-refractivity contribution in [3.8, 4) is 0 Å². The summed E-state index contributed by atoms with van der Waals surface area (Å²) in [6.07, 6.45) is 7.37. The van der Waals surface area contributed by atoms with E-state index in [1.165, 1.54) is 25.7 Å². The molecule has 0 amide bonds. The molecule has 1 spiro atoms. The predicted molar refractivity (Wildman–Crippen MR) is 69.1 cm³/mol. The van der Waals surface area contributed by atoms with Crippen molar-refractivity contribution >= 4 is 5.97 Å². The number of morpholine rings is 1. The number of nitrogens with zero attached hydrogens (tertiary/aromatic N) is 1. The molecule has 2 aliphatic heterocycles. The maximum Gasteiger partial charge on any atom is 0.323 e. The first-order chi connectivity index (χ1) is 9.19. The van der Waals surface area contributed by atoms with E-state index in [-0.39, 0.29) is 11.7 Å². The van der Waals surface area contributed by atoms with Gasteiger partial charge >= 0.3 is 5.97 Å². The van der Waals surface area contributed by atoms with Crippen molar-refractivity contribution in [1.82, 2.24) is 4.90 Å². The van der Waals surface area contributed by atoms with Gasteiger partial charge in [-0.1, -0.05) is 12.8 Å². The standard InChI is InChI=1S/C14H23NO4/c16-13(17)12-10-18-8-7-15(12)9-11-3-6-14(19-11)4-1-2-5-14/h11-12H,1-10H2,(H,16,17). The van der Waals surface area contributed by atoms with Gasteiger partial charge in [0.1, 0.15) is 6.04 Å². The Morgan fingerprint density at radius 2 is 2.11 bits per heavy atom. The zero-order chi connectivity index (χ0) is 13.3. The van der Waals surface area contributed by atoms with Gasteiger partial charge in [0, 0.05) is 13.1 Å². The highest BCUT2D eigenvalue weighted by molar-refractivity contribution is 5.73. The topological polar surface area (TPSA) is 59.0 Å². The van der Waals surface area contributed by atoms with Crippen LogP contribution in [0.3, 0.4) is 0 Å². The molecule has 2 heterocycles. The van der Waals surface area contributed by atoms with E-state index in [0.29, 0.717) is 19.8 Å². The maximum atomic E-state index is 11.2. The summed E-state index contributed by atoms with van der Waals surface area (Å²) in [5.41, 5.74) is 0.135. The Labute approximate surface area is 113 Å². The van der Waals surface area contributed by atoms with Crippen molar-refractivity contribution in [2.75, 3.05) is 26.3 Å². The highest BCUT2D eigenvalue weighted by atomic mass is 16.5. The molecule has 0 bridgehead atoms.